The number of aliphatic hydroxyl groups is 1. The third-order valence-electron chi connectivity index (χ3n) is 3.85. The maximum absolute atomic E-state index is 9.03. The number of fused-ring (bicyclic) bond motifs is 1. The smallest absolute Gasteiger partial charge is 0.281 e. The normalized spacial score (nSPS) is 11.3. The molecule has 2 aromatic heterocycles. The first-order valence-corrected chi connectivity index (χ1v) is 8.91. The summed E-state index contributed by atoms with van der Waals surface area (Å²) in [7, 11) is 0. The lowest BCUT2D eigenvalue weighted by molar-refractivity contribution is 0.203. The van der Waals surface area contributed by atoms with E-state index >= 15 is 0 Å². The minimum atomic E-state index is 0.206. The van der Waals surface area contributed by atoms with Gasteiger partial charge >= 0.3 is 0 Å². The van der Waals surface area contributed by atoms with Crippen LogP contribution in [0.3, 0.4) is 0 Å². The Morgan fingerprint density at radius 1 is 1.17 bits per heavy atom. The first-order chi connectivity index (χ1) is 11.8. The molecule has 0 bridgehead atoms. The van der Waals surface area contributed by atoms with Crippen molar-refractivity contribution >= 4 is 21.7 Å². The predicted octanol–water partition coefficient (Wildman–Crippen LogP) is 3.34. The van der Waals surface area contributed by atoms with E-state index in [1.54, 1.807) is 6.20 Å². The minimum absolute atomic E-state index is 0.206. The zero-order chi connectivity index (χ0) is 16.8. The Bertz CT molecular complexity index is 740. The highest BCUT2D eigenvalue weighted by Gasteiger charge is 2.07. The largest absolute Gasteiger partial charge is 0.431 e. The van der Waals surface area contributed by atoms with Gasteiger partial charge in [-0.15, -0.1) is 0 Å². The monoisotopic (exact) mass is 343 g/mol. The fourth-order valence-electron chi connectivity index (χ4n) is 2.47. The van der Waals surface area contributed by atoms with E-state index in [1.165, 1.54) is 16.9 Å². The second-order valence-electron chi connectivity index (χ2n) is 5.46. The van der Waals surface area contributed by atoms with Crippen LogP contribution < -0.4 is 4.74 Å². The molecule has 2 heterocycles. The number of thiazole rings is 1. The second kappa shape index (κ2) is 8.19. The molecule has 0 radical (unpaired) electrons. The lowest BCUT2D eigenvalue weighted by atomic mass is 10.1. The Hall–Kier alpha value is -2.02. The van der Waals surface area contributed by atoms with E-state index in [9.17, 15) is 0 Å². The van der Waals surface area contributed by atoms with Crippen LogP contribution in [0.1, 0.15) is 12.5 Å². The van der Waals surface area contributed by atoms with Gasteiger partial charge in [0.15, 0.2) is 5.65 Å². The maximum Gasteiger partial charge on any atom is 0.281 e. The van der Waals surface area contributed by atoms with E-state index in [1.807, 2.05) is 24.3 Å². The lowest BCUT2D eigenvalue weighted by Gasteiger charge is -2.18. The molecule has 0 amide bonds. The molecular formula is C18H21N3O2S. The van der Waals surface area contributed by atoms with Gasteiger partial charge in [0.05, 0.1) is 11.3 Å². The molecule has 1 aromatic carbocycles. The molecule has 0 saturated carbocycles. The first-order valence-electron chi connectivity index (χ1n) is 8.10. The Balaban J connectivity index is 1.59. The van der Waals surface area contributed by atoms with Gasteiger partial charge in [0, 0.05) is 19.3 Å². The van der Waals surface area contributed by atoms with Crippen molar-refractivity contribution in [2.75, 3.05) is 26.2 Å². The fourth-order valence-corrected chi connectivity index (χ4v) is 3.27. The van der Waals surface area contributed by atoms with Gasteiger partial charge in [0.25, 0.3) is 5.19 Å². The molecule has 0 aliphatic carbocycles. The number of benzene rings is 1. The van der Waals surface area contributed by atoms with Crippen LogP contribution in [-0.2, 0) is 6.42 Å². The third-order valence-corrected chi connectivity index (χ3v) is 4.74. The topological polar surface area (TPSA) is 58.5 Å². The van der Waals surface area contributed by atoms with Gasteiger partial charge in [-0.2, -0.15) is 4.98 Å². The van der Waals surface area contributed by atoms with Crippen LogP contribution in [0.5, 0.6) is 10.9 Å². The number of rotatable bonds is 8. The number of aliphatic hydroxyl groups excluding tert-OH is 1. The van der Waals surface area contributed by atoms with Crippen molar-refractivity contribution in [3.05, 3.63) is 48.2 Å². The first kappa shape index (κ1) is 16.8. The summed E-state index contributed by atoms with van der Waals surface area (Å²) in [5.41, 5.74) is 1.97. The van der Waals surface area contributed by atoms with Crippen LogP contribution in [-0.4, -0.2) is 46.2 Å². The number of hydrogen-bond acceptors (Lipinski definition) is 6. The van der Waals surface area contributed by atoms with Crippen LogP contribution in [0.25, 0.3) is 10.3 Å². The highest BCUT2D eigenvalue weighted by atomic mass is 32.1. The van der Waals surface area contributed by atoms with Gasteiger partial charge in [-0.1, -0.05) is 30.4 Å². The summed E-state index contributed by atoms with van der Waals surface area (Å²) in [4.78, 5) is 10.8. The Morgan fingerprint density at radius 3 is 2.71 bits per heavy atom. The van der Waals surface area contributed by atoms with Crippen LogP contribution in [0.2, 0.25) is 0 Å². The standard InChI is InChI=1S/C18H21N3O2S/c1-2-21(12-13-22)11-9-14-5-7-15(8-6-14)23-18-20-17-16(24-18)4-3-10-19-17/h3-8,10,22H,2,9,11-13H2,1H3. The van der Waals surface area contributed by atoms with Gasteiger partial charge in [-0.25, -0.2) is 4.98 Å². The molecule has 24 heavy (non-hydrogen) atoms. The Kier molecular flexibility index (Phi) is 5.74. The SMILES string of the molecule is CCN(CCO)CCc1ccc(Oc2nc3ncccc3s2)cc1. The minimum Gasteiger partial charge on any atom is -0.431 e. The van der Waals surface area contributed by atoms with Gasteiger partial charge in [0.1, 0.15) is 5.75 Å². The fraction of sp³-hybridized carbons (Fsp3) is 0.333. The van der Waals surface area contributed by atoms with Crippen LogP contribution in [0, 0.1) is 0 Å². The second-order valence-corrected chi connectivity index (χ2v) is 6.45. The molecule has 126 valence electrons. The van der Waals surface area contributed by atoms with Crippen LogP contribution in [0.15, 0.2) is 42.6 Å². The summed E-state index contributed by atoms with van der Waals surface area (Å²) < 4.78 is 6.85. The molecule has 0 fully saturated rings. The van der Waals surface area contributed by atoms with Gasteiger partial charge in [-0.3, -0.25) is 0 Å². The maximum atomic E-state index is 9.03. The number of pyridine rings is 1. The lowest BCUT2D eigenvalue weighted by Crippen LogP contribution is -2.28. The van der Waals surface area contributed by atoms with Crippen molar-refractivity contribution in [1.29, 1.82) is 0 Å². The number of aromatic nitrogens is 2. The summed E-state index contributed by atoms with van der Waals surface area (Å²) in [6.45, 7) is 4.94. The number of likely N-dealkylation sites (N-methyl/N-ethyl adjacent to an activating group) is 1. The van der Waals surface area contributed by atoms with Crippen molar-refractivity contribution in [3.63, 3.8) is 0 Å². The van der Waals surface area contributed by atoms with Crippen molar-refractivity contribution in [3.8, 4) is 10.9 Å². The molecule has 0 saturated heterocycles. The average molecular weight is 343 g/mol. The zero-order valence-electron chi connectivity index (χ0n) is 13.7. The number of nitrogens with zero attached hydrogens (tertiary/aromatic N) is 3. The number of hydrogen-bond donors (Lipinski definition) is 1. The van der Waals surface area contributed by atoms with Crippen molar-refractivity contribution in [2.24, 2.45) is 0 Å². The summed E-state index contributed by atoms with van der Waals surface area (Å²) in [6.07, 6.45) is 2.69. The quantitative estimate of drug-likeness (QED) is 0.680. The predicted molar refractivity (Wildman–Crippen MR) is 96.8 cm³/mol. The van der Waals surface area contributed by atoms with Gasteiger partial charge in [-0.05, 0) is 42.8 Å². The van der Waals surface area contributed by atoms with E-state index < -0.39 is 0 Å². The highest BCUT2D eigenvalue weighted by molar-refractivity contribution is 7.20. The molecule has 0 aliphatic rings. The molecule has 0 spiro atoms. The zero-order valence-corrected chi connectivity index (χ0v) is 14.5. The molecule has 3 aromatic rings. The molecule has 0 atom stereocenters. The van der Waals surface area contributed by atoms with Gasteiger partial charge in [0.2, 0.25) is 0 Å². The third kappa shape index (κ3) is 4.29. The van der Waals surface area contributed by atoms with Crippen molar-refractivity contribution in [1.82, 2.24) is 14.9 Å². The number of ether oxygens (including phenoxy) is 1. The molecule has 0 unspecified atom stereocenters. The summed E-state index contributed by atoms with van der Waals surface area (Å²) in [5.74, 6) is 0.778. The average Bonchev–Trinajstić information content (AvgIpc) is 3.02. The van der Waals surface area contributed by atoms with E-state index in [2.05, 4.69) is 33.9 Å². The van der Waals surface area contributed by atoms with Crippen LogP contribution >= 0.6 is 11.3 Å². The molecule has 1 N–H and O–H groups in total. The van der Waals surface area contributed by atoms with Crippen LogP contribution in [0.4, 0.5) is 0 Å². The summed E-state index contributed by atoms with van der Waals surface area (Å²) in [5, 5.41) is 9.63. The van der Waals surface area contributed by atoms with Crippen molar-refractivity contribution in [2.45, 2.75) is 13.3 Å². The molecule has 6 heteroatoms. The Labute approximate surface area is 145 Å². The molecule has 3 rings (SSSR count). The molecule has 5 nitrogen and oxygen atoms in total. The highest BCUT2D eigenvalue weighted by Crippen LogP contribution is 2.30. The van der Waals surface area contributed by atoms with Gasteiger partial charge < -0.3 is 14.7 Å². The Morgan fingerprint density at radius 2 is 2.00 bits per heavy atom. The summed E-state index contributed by atoms with van der Waals surface area (Å²) in [6, 6.07) is 12.0. The molecule has 0 aliphatic heterocycles. The van der Waals surface area contributed by atoms with E-state index in [4.69, 9.17) is 9.84 Å². The summed E-state index contributed by atoms with van der Waals surface area (Å²) >= 11 is 1.49. The van der Waals surface area contributed by atoms with E-state index in [0.29, 0.717) is 5.19 Å². The van der Waals surface area contributed by atoms with Crippen molar-refractivity contribution < 1.29 is 9.84 Å². The van der Waals surface area contributed by atoms with E-state index in [-0.39, 0.29) is 6.61 Å². The van der Waals surface area contributed by atoms with E-state index in [0.717, 1.165) is 42.2 Å². The molecular weight excluding hydrogens is 322 g/mol.